The van der Waals surface area contributed by atoms with Gasteiger partial charge in [0.25, 0.3) is 0 Å². The molecule has 1 aromatic carbocycles. The van der Waals surface area contributed by atoms with E-state index in [9.17, 15) is 0 Å². The molecule has 0 spiro atoms. The number of aliphatic hydroxyl groups excluding tert-OH is 1. The van der Waals surface area contributed by atoms with E-state index in [-0.39, 0.29) is 0 Å². The SMILES string of the molecule is C[C@@H](O)COCc1ccccc1Br. The highest BCUT2D eigenvalue weighted by Gasteiger charge is 1.99. The highest BCUT2D eigenvalue weighted by atomic mass is 79.9. The van der Waals surface area contributed by atoms with Gasteiger partial charge < -0.3 is 9.84 Å². The van der Waals surface area contributed by atoms with Gasteiger partial charge in [0.1, 0.15) is 0 Å². The van der Waals surface area contributed by atoms with Crippen molar-refractivity contribution >= 4 is 15.9 Å². The van der Waals surface area contributed by atoms with Crippen LogP contribution in [0.25, 0.3) is 0 Å². The lowest BCUT2D eigenvalue weighted by Crippen LogP contribution is -2.10. The highest BCUT2D eigenvalue weighted by molar-refractivity contribution is 9.10. The second-order valence-corrected chi connectivity index (χ2v) is 3.81. The lowest BCUT2D eigenvalue weighted by atomic mass is 10.2. The molecule has 72 valence electrons. The molecule has 1 rings (SSSR count). The highest BCUT2D eigenvalue weighted by Crippen LogP contribution is 2.16. The summed E-state index contributed by atoms with van der Waals surface area (Å²) >= 11 is 3.42. The van der Waals surface area contributed by atoms with E-state index in [1.165, 1.54) is 0 Å². The van der Waals surface area contributed by atoms with Crippen LogP contribution in [0.3, 0.4) is 0 Å². The molecule has 0 aliphatic heterocycles. The molecule has 2 nitrogen and oxygen atoms in total. The van der Waals surface area contributed by atoms with Crippen LogP contribution in [0.5, 0.6) is 0 Å². The standard InChI is InChI=1S/C10H13BrO2/c1-8(12)6-13-7-9-4-2-3-5-10(9)11/h2-5,8,12H,6-7H2,1H3/t8-/m1/s1. The first-order chi connectivity index (χ1) is 6.20. The number of hydrogen-bond donors (Lipinski definition) is 1. The van der Waals surface area contributed by atoms with Crippen LogP contribution < -0.4 is 0 Å². The minimum atomic E-state index is -0.400. The summed E-state index contributed by atoms with van der Waals surface area (Å²) in [6, 6.07) is 7.89. The van der Waals surface area contributed by atoms with Crippen molar-refractivity contribution in [1.82, 2.24) is 0 Å². The van der Waals surface area contributed by atoms with Gasteiger partial charge in [0.05, 0.1) is 19.3 Å². The number of halogens is 1. The zero-order chi connectivity index (χ0) is 9.68. The van der Waals surface area contributed by atoms with Crippen LogP contribution in [0.2, 0.25) is 0 Å². The summed E-state index contributed by atoms with van der Waals surface area (Å²) in [4.78, 5) is 0. The Bertz CT molecular complexity index is 261. The minimum absolute atomic E-state index is 0.376. The molecule has 3 heteroatoms. The Hall–Kier alpha value is -0.380. The van der Waals surface area contributed by atoms with Gasteiger partial charge in [0.15, 0.2) is 0 Å². The molecule has 1 N–H and O–H groups in total. The molecule has 0 saturated heterocycles. The normalized spacial score (nSPS) is 12.8. The van der Waals surface area contributed by atoms with E-state index >= 15 is 0 Å². The monoisotopic (exact) mass is 244 g/mol. The summed E-state index contributed by atoms with van der Waals surface area (Å²) in [5.74, 6) is 0. The largest absolute Gasteiger partial charge is 0.391 e. The topological polar surface area (TPSA) is 29.5 Å². The molecule has 0 aliphatic rings. The number of ether oxygens (including phenoxy) is 1. The fraction of sp³-hybridized carbons (Fsp3) is 0.400. The number of hydrogen-bond acceptors (Lipinski definition) is 2. The van der Waals surface area contributed by atoms with Gasteiger partial charge >= 0.3 is 0 Å². The zero-order valence-corrected chi connectivity index (χ0v) is 9.12. The summed E-state index contributed by atoms with van der Waals surface area (Å²) < 4.78 is 6.32. The summed E-state index contributed by atoms with van der Waals surface area (Å²) in [6.07, 6.45) is -0.400. The van der Waals surface area contributed by atoms with Crippen LogP contribution in [0.1, 0.15) is 12.5 Å². The lowest BCUT2D eigenvalue weighted by Gasteiger charge is -2.07. The molecule has 13 heavy (non-hydrogen) atoms. The first kappa shape index (κ1) is 10.7. The van der Waals surface area contributed by atoms with Gasteiger partial charge in [-0.05, 0) is 18.6 Å². The Morgan fingerprint density at radius 1 is 1.46 bits per heavy atom. The maximum Gasteiger partial charge on any atom is 0.0745 e. The molecule has 0 aromatic heterocycles. The van der Waals surface area contributed by atoms with E-state index in [0.717, 1.165) is 10.0 Å². The first-order valence-electron chi connectivity index (χ1n) is 4.19. The van der Waals surface area contributed by atoms with Gasteiger partial charge in [-0.15, -0.1) is 0 Å². The predicted molar refractivity (Wildman–Crippen MR) is 55.5 cm³/mol. The number of rotatable bonds is 4. The Balaban J connectivity index is 2.41. The summed E-state index contributed by atoms with van der Waals surface area (Å²) in [5, 5.41) is 8.96. The molecule has 0 radical (unpaired) electrons. The number of benzene rings is 1. The van der Waals surface area contributed by atoms with Gasteiger partial charge in [-0.1, -0.05) is 34.1 Å². The van der Waals surface area contributed by atoms with Crippen molar-refractivity contribution in [2.24, 2.45) is 0 Å². The molecule has 0 aliphatic carbocycles. The molecule has 0 bridgehead atoms. The quantitative estimate of drug-likeness (QED) is 0.882. The molecule has 1 atom stereocenters. The fourth-order valence-corrected chi connectivity index (χ4v) is 1.35. The van der Waals surface area contributed by atoms with Crippen LogP contribution in [0.4, 0.5) is 0 Å². The third kappa shape index (κ3) is 3.89. The Kier molecular flexibility index (Phi) is 4.42. The van der Waals surface area contributed by atoms with E-state index in [1.807, 2.05) is 24.3 Å². The molecule has 1 aromatic rings. The molecular weight excluding hydrogens is 232 g/mol. The van der Waals surface area contributed by atoms with E-state index in [2.05, 4.69) is 15.9 Å². The fourth-order valence-electron chi connectivity index (χ4n) is 0.955. The van der Waals surface area contributed by atoms with Crippen molar-refractivity contribution in [3.8, 4) is 0 Å². The summed E-state index contributed by atoms with van der Waals surface area (Å²) in [7, 11) is 0. The Morgan fingerprint density at radius 2 is 2.15 bits per heavy atom. The van der Waals surface area contributed by atoms with Crippen LogP contribution in [-0.2, 0) is 11.3 Å². The Labute approximate surface area is 86.7 Å². The Morgan fingerprint density at radius 3 is 2.77 bits per heavy atom. The maximum atomic E-state index is 8.96. The van der Waals surface area contributed by atoms with Crippen molar-refractivity contribution < 1.29 is 9.84 Å². The summed E-state index contributed by atoms with van der Waals surface area (Å²) in [5.41, 5.74) is 1.10. The smallest absolute Gasteiger partial charge is 0.0745 e. The van der Waals surface area contributed by atoms with Crippen LogP contribution in [-0.4, -0.2) is 17.8 Å². The maximum absolute atomic E-state index is 8.96. The van der Waals surface area contributed by atoms with Crippen LogP contribution in [0, 0.1) is 0 Å². The van der Waals surface area contributed by atoms with Crippen LogP contribution in [0.15, 0.2) is 28.7 Å². The molecule has 0 amide bonds. The average molecular weight is 245 g/mol. The third-order valence-electron chi connectivity index (χ3n) is 1.57. The van der Waals surface area contributed by atoms with Crippen molar-refractivity contribution in [1.29, 1.82) is 0 Å². The predicted octanol–water partition coefficient (Wildman–Crippen LogP) is 2.35. The van der Waals surface area contributed by atoms with E-state index in [0.29, 0.717) is 13.2 Å². The van der Waals surface area contributed by atoms with Crippen molar-refractivity contribution in [3.63, 3.8) is 0 Å². The molecule has 0 unspecified atom stereocenters. The zero-order valence-electron chi connectivity index (χ0n) is 7.53. The number of aliphatic hydroxyl groups is 1. The average Bonchev–Trinajstić information content (AvgIpc) is 2.08. The first-order valence-corrected chi connectivity index (χ1v) is 4.98. The summed E-state index contributed by atoms with van der Waals surface area (Å²) in [6.45, 7) is 2.62. The molecule has 0 heterocycles. The van der Waals surface area contributed by atoms with Crippen molar-refractivity contribution in [2.45, 2.75) is 19.6 Å². The van der Waals surface area contributed by atoms with Crippen molar-refractivity contribution in [2.75, 3.05) is 6.61 Å². The van der Waals surface area contributed by atoms with E-state index < -0.39 is 6.10 Å². The van der Waals surface area contributed by atoms with E-state index in [4.69, 9.17) is 9.84 Å². The van der Waals surface area contributed by atoms with Gasteiger partial charge in [-0.3, -0.25) is 0 Å². The molecular formula is C10H13BrO2. The van der Waals surface area contributed by atoms with Gasteiger partial charge in [0, 0.05) is 4.47 Å². The molecule has 0 saturated carbocycles. The van der Waals surface area contributed by atoms with Crippen molar-refractivity contribution in [3.05, 3.63) is 34.3 Å². The minimum Gasteiger partial charge on any atom is -0.391 e. The van der Waals surface area contributed by atoms with E-state index in [1.54, 1.807) is 6.92 Å². The van der Waals surface area contributed by atoms with Gasteiger partial charge in [-0.2, -0.15) is 0 Å². The van der Waals surface area contributed by atoms with Gasteiger partial charge in [-0.25, -0.2) is 0 Å². The molecule has 0 fully saturated rings. The second-order valence-electron chi connectivity index (χ2n) is 2.96. The van der Waals surface area contributed by atoms with Gasteiger partial charge in [0.2, 0.25) is 0 Å². The lowest BCUT2D eigenvalue weighted by molar-refractivity contribution is 0.0374. The second kappa shape index (κ2) is 5.37. The third-order valence-corrected chi connectivity index (χ3v) is 2.35. The van der Waals surface area contributed by atoms with Crippen LogP contribution >= 0.6 is 15.9 Å².